The summed E-state index contributed by atoms with van der Waals surface area (Å²) in [5, 5.41) is 3.42. The van der Waals surface area contributed by atoms with Gasteiger partial charge in [-0.15, -0.1) is 0 Å². The number of carbonyl (C=O) groups is 1. The second-order valence-corrected chi connectivity index (χ2v) is 7.33. The van der Waals surface area contributed by atoms with E-state index in [1.54, 1.807) is 12.3 Å². The summed E-state index contributed by atoms with van der Waals surface area (Å²) in [6.45, 7) is 3.95. The smallest absolute Gasteiger partial charge is 0.259 e. The zero-order chi connectivity index (χ0) is 18.1. The molecule has 2 aromatic rings. The Morgan fingerprint density at radius 3 is 2.65 bits per heavy atom. The quantitative estimate of drug-likeness (QED) is 0.904. The predicted molar refractivity (Wildman–Crippen MR) is 100 cm³/mol. The first kappa shape index (κ1) is 17.0. The van der Waals surface area contributed by atoms with Gasteiger partial charge in [0.15, 0.2) is 0 Å². The number of rotatable bonds is 2. The number of pyridine rings is 1. The first-order valence-corrected chi connectivity index (χ1v) is 9.29. The number of nitrogens with zero attached hydrogens (tertiary/aromatic N) is 2. The zero-order valence-electron chi connectivity index (χ0n) is 15.3. The van der Waals surface area contributed by atoms with Crippen LogP contribution in [0.5, 0.6) is 5.88 Å². The standard InChI is InChI=1S/C21H25N3O2/c1-15(16-7-4-3-5-8-16)18-21(10-13-22-14-11-21)26-19-17(9-6-12-23-19)20(25)24(18)2/h3-9,12,15,18,22H,10-11,13-14H2,1-2H3. The van der Waals surface area contributed by atoms with Gasteiger partial charge < -0.3 is 15.0 Å². The lowest BCUT2D eigenvalue weighted by molar-refractivity contribution is -0.0370. The van der Waals surface area contributed by atoms with Crippen molar-refractivity contribution in [2.75, 3.05) is 20.1 Å². The minimum Gasteiger partial charge on any atom is -0.468 e. The Kier molecular flexibility index (Phi) is 4.41. The molecule has 0 saturated carbocycles. The van der Waals surface area contributed by atoms with Gasteiger partial charge in [0.05, 0.1) is 6.04 Å². The maximum atomic E-state index is 13.2. The third-order valence-electron chi connectivity index (χ3n) is 5.83. The van der Waals surface area contributed by atoms with Crippen LogP contribution in [0, 0.1) is 0 Å². The van der Waals surface area contributed by atoms with Crippen molar-refractivity contribution in [1.82, 2.24) is 15.2 Å². The normalized spacial score (nSPS) is 23.1. The Morgan fingerprint density at radius 1 is 1.19 bits per heavy atom. The summed E-state index contributed by atoms with van der Waals surface area (Å²) in [5.41, 5.74) is 1.33. The lowest BCUT2D eigenvalue weighted by Crippen LogP contribution is -2.61. The van der Waals surface area contributed by atoms with Gasteiger partial charge in [0.25, 0.3) is 5.91 Å². The fraction of sp³-hybridized carbons (Fsp3) is 0.429. The van der Waals surface area contributed by atoms with E-state index in [0.717, 1.165) is 25.9 Å². The number of benzene rings is 1. The molecule has 1 N–H and O–H groups in total. The number of aromatic nitrogens is 1. The van der Waals surface area contributed by atoms with Gasteiger partial charge in [0.2, 0.25) is 5.88 Å². The summed E-state index contributed by atoms with van der Waals surface area (Å²) >= 11 is 0. The van der Waals surface area contributed by atoms with Crippen LogP contribution in [0.3, 0.4) is 0 Å². The van der Waals surface area contributed by atoms with E-state index >= 15 is 0 Å². The number of hydrogen-bond donors (Lipinski definition) is 1. The van der Waals surface area contributed by atoms with Crippen molar-refractivity contribution in [3.63, 3.8) is 0 Å². The van der Waals surface area contributed by atoms with Gasteiger partial charge in [0.1, 0.15) is 11.2 Å². The fourth-order valence-electron chi connectivity index (χ4n) is 4.53. The highest BCUT2D eigenvalue weighted by molar-refractivity contribution is 5.97. The molecule has 1 aromatic heterocycles. The number of fused-ring (bicyclic) bond motifs is 1. The highest BCUT2D eigenvalue weighted by Gasteiger charge is 2.51. The van der Waals surface area contributed by atoms with E-state index in [0.29, 0.717) is 11.4 Å². The van der Waals surface area contributed by atoms with Crippen molar-refractivity contribution in [1.29, 1.82) is 0 Å². The number of likely N-dealkylation sites (N-methyl/N-ethyl adjacent to an activating group) is 1. The van der Waals surface area contributed by atoms with E-state index in [-0.39, 0.29) is 17.9 Å². The van der Waals surface area contributed by atoms with E-state index in [1.807, 2.05) is 24.1 Å². The molecule has 1 fully saturated rings. The molecule has 26 heavy (non-hydrogen) atoms. The molecule has 136 valence electrons. The molecule has 1 aromatic carbocycles. The van der Waals surface area contributed by atoms with Crippen LogP contribution in [-0.2, 0) is 0 Å². The number of hydrogen-bond acceptors (Lipinski definition) is 4. The predicted octanol–water partition coefficient (Wildman–Crippen LogP) is 2.84. The molecule has 0 aliphatic carbocycles. The molecule has 1 amide bonds. The molecule has 1 spiro atoms. The Labute approximate surface area is 154 Å². The summed E-state index contributed by atoms with van der Waals surface area (Å²) in [4.78, 5) is 19.5. The van der Waals surface area contributed by atoms with Crippen molar-refractivity contribution in [2.45, 2.75) is 37.3 Å². The molecule has 5 nitrogen and oxygen atoms in total. The second kappa shape index (κ2) is 6.72. The molecule has 2 aliphatic rings. The van der Waals surface area contributed by atoms with E-state index in [2.05, 4.69) is 41.5 Å². The minimum absolute atomic E-state index is 0.0173. The maximum absolute atomic E-state index is 13.2. The van der Waals surface area contributed by atoms with Crippen LogP contribution in [0.25, 0.3) is 0 Å². The Morgan fingerprint density at radius 2 is 1.92 bits per heavy atom. The Hall–Kier alpha value is -2.40. The van der Waals surface area contributed by atoms with Gasteiger partial charge in [-0.25, -0.2) is 4.98 Å². The maximum Gasteiger partial charge on any atom is 0.259 e. The molecule has 4 rings (SSSR count). The van der Waals surface area contributed by atoms with Crippen LogP contribution in [0.4, 0.5) is 0 Å². The molecular weight excluding hydrogens is 326 g/mol. The molecule has 2 atom stereocenters. The largest absolute Gasteiger partial charge is 0.468 e. The van der Waals surface area contributed by atoms with Gasteiger partial charge in [0, 0.05) is 32.0 Å². The number of carbonyl (C=O) groups excluding carboxylic acids is 1. The van der Waals surface area contributed by atoms with Crippen molar-refractivity contribution < 1.29 is 9.53 Å². The van der Waals surface area contributed by atoms with Gasteiger partial charge in [-0.1, -0.05) is 37.3 Å². The van der Waals surface area contributed by atoms with E-state index in [4.69, 9.17) is 4.74 Å². The molecule has 0 radical (unpaired) electrons. The molecular formula is C21H25N3O2. The fourth-order valence-corrected chi connectivity index (χ4v) is 4.53. The topological polar surface area (TPSA) is 54.5 Å². The van der Waals surface area contributed by atoms with Crippen LogP contribution in [0.2, 0.25) is 0 Å². The molecule has 3 heterocycles. The van der Waals surface area contributed by atoms with Gasteiger partial charge >= 0.3 is 0 Å². The van der Waals surface area contributed by atoms with Gasteiger partial charge in [-0.05, 0) is 30.8 Å². The van der Waals surface area contributed by atoms with Gasteiger partial charge in [-0.3, -0.25) is 4.79 Å². The highest BCUT2D eigenvalue weighted by atomic mass is 16.5. The average molecular weight is 351 g/mol. The van der Waals surface area contributed by atoms with Gasteiger partial charge in [-0.2, -0.15) is 0 Å². The minimum atomic E-state index is -0.440. The third kappa shape index (κ3) is 2.76. The van der Waals surface area contributed by atoms with Crippen molar-refractivity contribution in [2.24, 2.45) is 0 Å². The molecule has 0 bridgehead atoms. The molecule has 5 heteroatoms. The van der Waals surface area contributed by atoms with Crippen molar-refractivity contribution in [3.05, 3.63) is 59.8 Å². The number of piperidine rings is 1. The first-order valence-electron chi connectivity index (χ1n) is 9.29. The van der Waals surface area contributed by atoms with Crippen LogP contribution in [0.15, 0.2) is 48.7 Å². The lowest BCUT2D eigenvalue weighted by atomic mass is 9.75. The van der Waals surface area contributed by atoms with E-state index < -0.39 is 5.60 Å². The van der Waals surface area contributed by atoms with Crippen LogP contribution in [0.1, 0.15) is 41.6 Å². The summed E-state index contributed by atoms with van der Waals surface area (Å²) in [6, 6.07) is 13.9. The summed E-state index contributed by atoms with van der Waals surface area (Å²) < 4.78 is 6.57. The second-order valence-electron chi connectivity index (χ2n) is 7.33. The zero-order valence-corrected chi connectivity index (χ0v) is 15.3. The monoisotopic (exact) mass is 351 g/mol. The summed E-state index contributed by atoms with van der Waals surface area (Å²) in [5.74, 6) is 0.600. The average Bonchev–Trinajstić information content (AvgIpc) is 2.76. The van der Waals surface area contributed by atoms with E-state index in [1.165, 1.54) is 5.56 Å². The number of amides is 1. The number of ether oxygens (including phenoxy) is 1. The molecule has 2 aliphatic heterocycles. The van der Waals surface area contributed by atoms with Crippen LogP contribution in [-0.4, -0.2) is 47.6 Å². The Bertz CT molecular complexity index is 787. The number of nitrogens with one attached hydrogen (secondary N) is 1. The summed E-state index contributed by atoms with van der Waals surface area (Å²) in [7, 11) is 1.90. The van der Waals surface area contributed by atoms with Crippen molar-refractivity contribution >= 4 is 5.91 Å². The lowest BCUT2D eigenvalue weighted by Gasteiger charge is -2.47. The SMILES string of the molecule is CC(c1ccccc1)C1N(C)C(=O)c2cccnc2OC12CCNCC2. The summed E-state index contributed by atoms with van der Waals surface area (Å²) in [6.07, 6.45) is 3.40. The first-order chi connectivity index (χ1) is 12.6. The Balaban J connectivity index is 1.83. The van der Waals surface area contributed by atoms with E-state index in [9.17, 15) is 4.79 Å². The molecule has 1 saturated heterocycles. The highest BCUT2D eigenvalue weighted by Crippen LogP contribution is 2.42. The van der Waals surface area contributed by atoms with Crippen molar-refractivity contribution in [3.8, 4) is 5.88 Å². The van der Waals surface area contributed by atoms with Crippen LogP contribution < -0.4 is 10.1 Å². The molecule has 2 unspecified atom stereocenters. The van der Waals surface area contributed by atoms with Crippen LogP contribution >= 0.6 is 0 Å². The third-order valence-corrected chi connectivity index (χ3v) is 5.83.